The highest BCUT2D eigenvalue weighted by molar-refractivity contribution is 9.10. The lowest BCUT2D eigenvalue weighted by Crippen LogP contribution is -2.53. The van der Waals surface area contributed by atoms with Gasteiger partial charge in [-0.25, -0.2) is 9.97 Å². The van der Waals surface area contributed by atoms with Crippen molar-refractivity contribution in [1.29, 1.82) is 0 Å². The number of hydrogen-bond acceptors (Lipinski definition) is 4. The van der Waals surface area contributed by atoms with Gasteiger partial charge < -0.3 is 10.2 Å². The first kappa shape index (κ1) is 10.4. The number of aromatic nitrogens is 2. The fourth-order valence-electron chi connectivity index (χ4n) is 1.56. The third kappa shape index (κ3) is 1.94. The number of rotatable bonds is 2. The third-order valence-corrected chi connectivity index (χ3v) is 3.01. The first-order chi connectivity index (χ1) is 7.22. The van der Waals surface area contributed by atoms with Gasteiger partial charge in [-0.1, -0.05) is 0 Å². The van der Waals surface area contributed by atoms with Crippen LogP contribution in [0.3, 0.4) is 0 Å². The maximum Gasteiger partial charge on any atom is 0.226 e. The van der Waals surface area contributed by atoms with Crippen molar-refractivity contribution in [3.05, 3.63) is 17.0 Å². The summed E-state index contributed by atoms with van der Waals surface area (Å²) in [4.78, 5) is 21.4. The number of anilines is 1. The number of nitrogens with one attached hydrogen (secondary N) is 1. The van der Waals surface area contributed by atoms with Crippen LogP contribution in [0.5, 0.6) is 0 Å². The van der Waals surface area contributed by atoms with Crippen LogP contribution in [-0.2, 0) is 4.79 Å². The van der Waals surface area contributed by atoms with E-state index in [1.54, 1.807) is 13.2 Å². The Hall–Kier alpha value is -1.17. The van der Waals surface area contributed by atoms with Crippen LogP contribution in [0.4, 0.5) is 5.82 Å². The highest BCUT2D eigenvalue weighted by atomic mass is 79.9. The molecule has 80 valence electrons. The van der Waals surface area contributed by atoms with E-state index in [1.165, 1.54) is 6.33 Å². The number of hydrogen-bond donors (Lipinski definition) is 1. The third-order valence-electron chi connectivity index (χ3n) is 2.45. The van der Waals surface area contributed by atoms with Crippen LogP contribution in [0.25, 0.3) is 0 Å². The molecule has 5 nitrogen and oxygen atoms in total. The van der Waals surface area contributed by atoms with Gasteiger partial charge in [-0.2, -0.15) is 0 Å². The highest BCUT2D eigenvalue weighted by Gasteiger charge is 2.33. The Kier molecular flexibility index (Phi) is 2.86. The molecule has 1 amide bonds. The Morgan fingerprint density at radius 1 is 1.67 bits per heavy atom. The molecule has 15 heavy (non-hydrogen) atoms. The minimum absolute atomic E-state index is 0.0804. The molecule has 2 heterocycles. The molecule has 1 aliphatic rings. The molecule has 0 bridgehead atoms. The van der Waals surface area contributed by atoms with Gasteiger partial charge in [0.15, 0.2) is 0 Å². The summed E-state index contributed by atoms with van der Waals surface area (Å²) in [7, 11) is 1.66. The zero-order valence-corrected chi connectivity index (χ0v) is 9.86. The molecule has 1 aromatic rings. The number of nitrogens with zero attached hydrogens (tertiary/aromatic N) is 3. The van der Waals surface area contributed by atoms with Crippen molar-refractivity contribution < 1.29 is 4.79 Å². The topological polar surface area (TPSA) is 58.1 Å². The lowest BCUT2D eigenvalue weighted by atomic mass is 9.99. The van der Waals surface area contributed by atoms with Crippen molar-refractivity contribution in [3.63, 3.8) is 0 Å². The van der Waals surface area contributed by atoms with E-state index in [1.807, 2.05) is 4.90 Å². The van der Waals surface area contributed by atoms with Gasteiger partial charge in [0.1, 0.15) is 12.1 Å². The molecule has 0 unspecified atom stereocenters. The molecule has 1 aliphatic heterocycles. The summed E-state index contributed by atoms with van der Waals surface area (Å²) in [5.74, 6) is 1.03. The summed E-state index contributed by atoms with van der Waals surface area (Å²) < 4.78 is 0.861. The smallest absolute Gasteiger partial charge is 0.226 e. The summed E-state index contributed by atoms with van der Waals surface area (Å²) in [6.07, 6.45) is 3.21. The zero-order valence-electron chi connectivity index (χ0n) is 8.27. The van der Waals surface area contributed by atoms with Gasteiger partial charge in [-0.15, -0.1) is 0 Å². The predicted molar refractivity (Wildman–Crippen MR) is 59.5 cm³/mol. The monoisotopic (exact) mass is 270 g/mol. The molecule has 2 rings (SSSR count). The predicted octanol–water partition coefficient (Wildman–Crippen LogP) is 0.421. The second kappa shape index (κ2) is 4.14. The van der Waals surface area contributed by atoms with Gasteiger partial charge in [0.25, 0.3) is 0 Å². The average Bonchev–Trinajstić information content (AvgIpc) is 2.18. The Labute approximate surface area is 96.0 Å². The summed E-state index contributed by atoms with van der Waals surface area (Å²) in [5.41, 5.74) is 0. The number of amides is 1. The minimum Gasteiger partial charge on any atom is -0.359 e. The molecular weight excluding hydrogens is 260 g/mol. The molecule has 1 aromatic heterocycles. The molecule has 0 atom stereocenters. The molecule has 0 aromatic carbocycles. The van der Waals surface area contributed by atoms with Crippen LogP contribution in [0.15, 0.2) is 17.0 Å². The maximum atomic E-state index is 11.3. The van der Waals surface area contributed by atoms with Crippen molar-refractivity contribution >= 4 is 27.7 Å². The van der Waals surface area contributed by atoms with E-state index in [9.17, 15) is 4.79 Å². The molecule has 6 heteroatoms. The van der Waals surface area contributed by atoms with Gasteiger partial charge in [0.05, 0.1) is 10.4 Å². The van der Waals surface area contributed by atoms with Crippen LogP contribution >= 0.6 is 15.9 Å². The van der Waals surface area contributed by atoms with Crippen molar-refractivity contribution in [1.82, 2.24) is 15.3 Å². The van der Waals surface area contributed by atoms with E-state index in [0.29, 0.717) is 0 Å². The van der Waals surface area contributed by atoms with E-state index in [2.05, 4.69) is 31.2 Å². The summed E-state index contributed by atoms with van der Waals surface area (Å²) in [6, 6.07) is 0. The normalized spacial score (nSPS) is 16.0. The molecule has 0 saturated carbocycles. The number of carbonyl (C=O) groups is 1. The lowest BCUT2D eigenvalue weighted by molar-refractivity contribution is -0.125. The summed E-state index contributed by atoms with van der Waals surface area (Å²) in [6.45, 7) is 1.44. The Balaban J connectivity index is 2.00. The van der Waals surface area contributed by atoms with E-state index in [4.69, 9.17) is 0 Å². The molecule has 0 radical (unpaired) electrons. The Bertz CT molecular complexity index is 378. The van der Waals surface area contributed by atoms with Crippen LogP contribution in [0, 0.1) is 5.92 Å². The number of halogens is 1. The first-order valence-corrected chi connectivity index (χ1v) is 5.43. The molecular formula is C9H11BrN4O. The standard InChI is InChI=1S/C9H11BrN4O/c1-11-9(15)6-3-14(4-6)8-7(10)2-12-5-13-8/h2,5-6H,3-4H2,1H3,(H,11,15). The first-order valence-electron chi connectivity index (χ1n) is 4.64. The van der Waals surface area contributed by atoms with Crippen LogP contribution in [0.1, 0.15) is 0 Å². The number of carbonyl (C=O) groups excluding carboxylic acids is 1. The van der Waals surface area contributed by atoms with Crippen LogP contribution in [0.2, 0.25) is 0 Å². The van der Waals surface area contributed by atoms with Crippen molar-refractivity contribution in [2.45, 2.75) is 0 Å². The zero-order chi connectivity index (χ0) is 10.8. The minimum atomic E-state index is 0.0804. The molecule has 1 saturated heterocycles. The van der Waals surface area contributed by atoms with Crippen molar-refractivity contribution in [2.24, 2.45) is 5.92 Å². The van der Waals surface area contributed by atoms with Crippen molar-refractivity contribution in [3.8, 4) is 0 Å². The fraction of sp³-hybridized carbons (Fsp3) is 0.444. The molecule has 1 N–H and O–H groups in total. The van der Waals surface area contributed by atoms with Crippen molar-refractivity contribution in [2.75, 3.05) is 25.0 Å². The Morgan fingerprint density at radius 3 is 3.00 bits per heavy atom. The van der Waals surface area contributed by atoms with Gasteiger partial charge in [0.2, 0.25) is 5.91 Å². The maximum absolute atomic E-state index is 11.3. The van der Waals surface area contributed by atoms with Gasteiger partial charge in [-0.3, -0.25) is 4.79 Å². The van der Waals surface area contributed by atoms with Crippen LogP contribution in [-0.4, -0.2) is 36.0 Å². The molecule has 0 aliphatic carbocycles. The Morgan fingerprint density at radius 2 is 2.40 bits per heavy atom. The molecule has 1 fully saturated rings. The largest absolute Gasteiger partial charge is 0.359 e. The second-order valence-corrected chi connectivity index (χ2v) is 4.26. The average molecular weight is 271 g/mol. The summed E-state index contributed by atoms with van der Waals surface area (Å²) >= 11 is 3.38. The van der Waals surface area contributed by atoms with E-state index < -0.39 is 0 Å². The summed E-state index contributed by atoms with van der Waals surface area (Å²) in [5, 5.41) is 2.64. The van der Waals surface area contributed by atoms with E-state index >= 15 is 0 Å². The van der Waals surface area contributed by atoms with Gasteiger partial charge in [-0.05, 0) is 15.9 Å². The fourth-order valence-corrected chi connectivity index (χ4v) is 2.03. The second-order valence-electron chi connectivity index (χ2n) is 3.41. The van der Waals surface area contributed by atoms with E-state index in [-0.39, 0.29) is 11.8 Å². The van der Waals surface area contributed by atoms with Gasteiger partial charge >= 0.3 is 0 Å². The SMILES string of the molecule is CNC(=O)C1CN(c2ncncc2Br)C1. The van der Waals surface area contributed by atoms with Gasteiger partial charge in [0, 0.05) is 26.3 Å². The van der Waals surface area contributed by atoms with E-state index in [0.717, 1.165) is 23.4 Å². The lowest BCUT2D eigenvalue weighted by Gasteiger charge is -2.39. The highest BCUT2D eigenvalue weighted by Crippen LogP contribution is 2.28. The quantitative estimate of drug-likeness (QED) is 0.847. The molecule has 0 spiro atoms. The van der Waals surface area contributed by atoms with Crippen LogP contribution < -0.4 is 10.2 Å².